The molecule has 4 nitrogen and oxygen atoms in total. The molecule has 3 rings (SSSR count). The zero-order chi connectivity index (χ0) is 22.8. The minimum absolute atomic E-state index is 0.0137. The number of nitrogens with zero attached hydrogens (tertiary/aromatic N) is 1. The van der Waals surface area contributed by atoms with Gasteiger partial charge in [-0.1, -0.05) is 50.2 Å². The van der Waals surface area contributed by atoms with Crippen LogP contribution >= 0.6 is 0 Å². The fourth-order valence-electron chi connectivity index (χ4n) is 4.21. The molecule has 0 unspecified atom stereocenters. The van der Waals surface area contributed by atoms with Gasteiger partial charge in [0.05, 0.1) is 10.5 Å². The molecule has 2 aromatic rings. The molecule has 0 bridgehead atoms. The molecule has 1 aliphatic rings. The second-order valence-corrected chi connectivity index (χ2v) is 12.9. The molecular formula is C26H35NO3S. The van der Waals surface area contributed by atoms with Crippen LogP contribution in [0.4, 0.5) is 5.69 Å². The van der Waals surface area contributed by atoms with Crippen LogP contribution in [0.25, 0.3) is 0 Å². The number of piperidine rings is 1. The van der Waals surface area contributed by atoms with Crippen LogP contribution in [0.15, 0.2) is 48.5 Å². The zero-order valence-electron chi connectivity index (χ0n) is 19.4. The summed E-state index contributed by atoms with van der Waals surface area (Å²) in [5.41, 5.74) is 3.53. The molecule has 31 heavy (non-hydrogen) atoms. The molecule has 1 fully saturated rings. The lowest BCUT2D eigenvalue weighted by Crippen LogP contribution is -2.38. The lowest BCUT2D eigenvalue weighted by atomic mass is 9.91. The number of benzene rings is 2. The Labute approximate surface area is 187 Å². The summed E-state index contributed by atoms with van der Waals surface area (Å²) < 4.78 is 24.0. The molecule has 0 radical (unpaired) electrons. The summed E-state index contributed by atoms with van der Waals surface area (Å²) in [6, 6.07) is 15.3. The van der Waals surface area contributed by atoms with E-state index in [1.807, 2.05) is 12.1 Å². The van der Waals surface area contributed by atoms with Gasteiger partial charge in [-0.15, -0.1) is 0 Å². The molecule has 0 spiro atoms. The van der Waals surface area contributed by atoms with Gasteiger partial charge in [0.15, 0.2) is 15.6 Å². The van der Waals surface area contributed by atoms with Crippen molar-refractivity contribution in [2.24, 2.45) is 11.8 Å². The van der Waals surface area contributed by atoms with E-state index in [9.17, 15) is 13.2 Å². The zero-order valence-corrected chi connectivity index (χ0v) is 20.2. The lowest BCUT2D eigenvalue weighted by molar-refractivity contribution is 0.0993. The van der Waals surface area contributed by atoms with Crippen molar-refractivity contribution >= 4 is 21.3 Å². The first kappa shape index (κ1) is 23.5. The highest BCUT2D eigenvalue weighted by Crippen LogP contribution is 2.27. The Balaban J connectivity index is 1.62. The normalized spacial score (nSPS) is 20.0. The Morgan fingerprint density at radius 3 is 1.94 bits per heavy atom. The highest BCUT2D eigenvalue weighted by molar-refractivity contribution is 7.91. The number of anilines is 1. The van der Waals surface area contributed by atoms with Gasteiger partial charge >= 0.3 is 0 Å². The molecule has 0 aliphatic carbocycles. The van der Waals surface area contributed by atoms with Gasteiger partial charge in [-0.3, -0.25) is 4.79 Å². The molecule has 0 saturated carbocycles. The maximum absolute atomic E-state index is 12.7. The Morgan fingerprint density at radius 2 is 1.42 bits per heavy atom. The van der Waals surface area contributed by atoms with Crippen LogP contribution in [0.3, 0.4) is 0 Å². The van der Waals surface area contributed by atoms with E-state index in [4.69, 9.17) is 0 Å². The van der Waals surface area contributed by atoms with Gasteiger partial charge in [-0.05, 0) is 62.3 Å². The maximum atomic E-state index is 12.7. The molecule has 1 aliphatic heterocycles. The van der Waals surface area contributed by atoms with Crippen molar-refractivity contribution in [2.75, 3.05) is 18.0 Å². The monoisotopic (exact) mass is 441 g/mol. The second-order valence-electron chi connectivity index (χ2n) is 10.2. The Bertz CT molecular complexity index is 992. The van der Waals surface area contributed by atoms with Crippen LogP contribution in [0.2, 0.25) is 0 Å². The number of ketones is 1. The van der Waals surface area contributed by atoms with E-state index in [1.165, 1.54) is 12.1 Å². The average molecular weight is 442 g/mol. The fourth-order valence-corrected chi connectivity index (χ4v) is 5.27. The molecular weight excluding hydrogens is 406 g/mol. The van der Waals surface area contributed by atoms with Crippen LogP contribution in [0, 0.1) is 11.8 Å². The Morgan fingerprint density at radius 1 is 0.903 bits per heavy atom. The number of carbonyl (C=O) groups is 1. The van der Waals surface area contributed by atoms with Crippen molar-refractivity contribution in [1.29, 1.82) is 0 Å². The highest BCUT2D eigenvalue weighted by Gasteiger charge is 2.29. The number of carbonyl (C=O) groups excluding carboxylic acids is 1. The molecule has 0 N–H and O–H groups in total. The molecule has 0 amide bonds. The smallest absolute Gasteiger partial charge is 0.167 e. The third-order valence-corrected chi connectivity index (χ3v) is 8.68. The minimum Gasteiger partial charge on any atom is -0.371 e. The largest absolute Gasteiger partial charge is 0.371 e. The summed E-state index contributed by atoms with van der Waals surface area (Å²) in [6.45, 7) is 11.9. The third-order valence-electron chi connectivity index (χ3n) is 6.10. The van der Waals surface area contributed by atoms with E-state index >= 15 is 0 Å². The van der Waals surface area contributed by atoms with Crippen LogP contribution < -0.4 is 4.90 Å². The first-order valence-corrected chi connectivity index (χ1v) is 12.8. The first-order chi connectivity index (χ1) is 14.4. The van der Waals surface area contributed by atoms with Crippen LogP contribution in [-0.4, -0.2) is 32.0 Å². The quantitative estimate of drug-likeness (QED) is 0.570. The SMILES string of the molecule is C[C@@H]1C[C@@H](C)CN(c2ccc(CC(=O)c3ccc(CS(=O)(=O)C(C)(C)C)cc3)cc2)C1. The minimum atomic E-state index is -3.24. The summed E-state index contributed by atoms with van der Waals surface area (Å²) in [5, 5.41) is 0. The van der Waals surface area contributed by atoms with Gasteiger partial charge < -0.3 is 4.90 Å². The summed E-state index contributed by atoms with van der Waals surface area (Å²) >= 11 is 0. The first-order valence-electron chi connectivity index (χ1n) is 11.1. The molecule has 1 heterocycles. The number of hydrogen-bond acceptors (Lipinski definition) is 4. The summed E-state index contributed by atoms with van der Waals surface area (Å²) in [5.74, 6) is 1.43. The van der Waals surface area contributed by atoms with Crippen molar-refractivity contribution in [3.63, 3.8) is 0 Å². The van der Waals surface area contributed by atoms with Gasteiger partial charge in [-0.25, -0.2) is 8.42 Å². The fraction of sp³-hybridized carbons (Fsp3) is 0.500. The van der Waals surface area contributed by atoms with Gasteiger partial charge in [0.25, 0.3) is 0 Å². The van der Waals surface area contributed by atoms with E-state index < -0.39 is 14.6 Å². The van der Waals surface area contributed by atoms with Crippen molar-refractivity contribution in [2.45, 2.75) is 58.0 Å². The van der Waals surface area contributed by atoms with E-state index in [-0.39, 0.29) is 11.5 Å². The molecule has 168 valence electrons. The van der Waals surface area contributed by atoms with Gasteiger partial charge in [0, 0.05) is 30.8 Å². The Kier molecular flexibility index (Phi) is 6.95. The van der Waals surface area contributed by atoms with Gasteiger partial charge in [-0.2, -0.15) is 0 Å². The maximum Gasteiger partial charge on any atom is 0.167 e. The molecule has 0 aromatic heterocycles. The van der Waals surface area contributed by atoms with E-state index in [0.29, 0.717) is 29.4 Å². The number of sulfone groups is 1. The number of rotatable bonds is 6. The van der Waals surface area contributed by atoms with Crippen LogP contribution in [-0.2, 0) is 22.0 Å². The van der Waals surface area contributed by atoms with Crippen LogP contribution in [0.1, 0.15) is 62.5 Å². The second kappa shape index (κ2) is 9.15. The van der Waals surface area contributed by atoms with Crippen molar-refractivity contribution in [1.82, 2.24) is 0 Å². The summed E-state index contributed by atoms with van der Waals surface area (Å²) in [6.07, 6.45) is 1.62. The topological polar surface area (TPSA) is 54.5 Å². The van der Waals surface area contributed by atoms with E-state index in [2.05, 4.69) is 30.9 Å². The third kappa shape index (κ3) is 5.97. The lowest BCUT2D eigenvalue weighted by Gasteiger charge is -2.36. The average Bonchev–Trinajstić information content (AvgIpc) is 2.67. The van der Waals surface area contributed by atoms with Gasteiger partial charge in [0.2, 0.25) is 0 Å². The molecule has 2 aromatic carbocycles. The summed E-state index contributed by atoms with van der Waals surface area (Å²) in [4.78, 5) is 15.2. The highest BCUT2D eigenvalue weighted by atomic mass is 32.2. The standard InChI is InChI=1S/C26H35NO3S/c1-19-14-20(2)17-27(16-19)24-12-8-21(9-13-24)15-25(28)23-10-6-22(7-11-23)18-31(29,30)26(3,4)5/h6-13,19-20H,14-18H2,1-5H3/t19-,20-/m1/s1. The van der Waals surface area contributed by atoms with Crippen LogP contribution in [0.5, 0.6) is 0 Å². The van der Waals surface area contributed by atoms with Crippen molar-refractivity contribution in [3.05, 3.63) is 65.2 Å². The van der Waals surface area contributed by atoms with E-state index in [1.54, 1.807) is 45.0 Å². The van der Waals surface area contributed by atoms with Crippen molar-refractivity contribution in [3.8, 4) is 0 Å². The number of hydrogen-bond donors (Lipinski definition) is 0. The molecule has 5 heteroatoms. The van der Waals surface area contributed by atoms with Gasteiger partial charge in [0.1, 0.15) is 0 Å². The predicted octanol–water partition coefficient (Wildman–Crippen LogP) is 5.31. The number of Topliss-reactive ketones (excluding diaryl/α,β-unsaturated/α-hetero) is 1. The Hall–Kier alpha value is -2.14. The molecule has 2 atom stereocenters. The predicted molar refractivity (Wildman–Crippen MR) is 128 cm³/mol. The molecule has 1 saturated heterocycles. The van der Waals surface area contributed by atoms with Crippen molar-refractivity contribution < 1.29 is 13.2 Å². The van der Waals surface area contributed by atoms with E-state index in [0.717, 1.165) is 18.7 Å². The summed E-state index contributed by atoms with van der Waals surface area (Å²) in [7, 11) is -3.24.